The van der Waals surface area contributed by atoms with Crippen LogP contribution in [0.5, 0.6) is 0 Å². The summed E-state index contributed by atoms with van der Waals surface area (Å²) in [7, 11) is 0. The van der Waals surface area contributed by atoms with Gasteiger partial charge in [-0.3, -0.25) is 20.4 Å². The van der Waals surface area contributed by atoms with Crippen molar-refractivity contribution in [3.63, 3.8) is 0 Å². The van der Waals surface area contributed by atoms with Gasteiger partial charge in [-0.25, -0.2) is 0 Å². The summed E-state index contributed by atoms with van der Waals surface area (Å²) >= 11 is 5.83. The van der Waals surface area contributed by atoms with E-state index in [2.05, 4.69) is 16.2 Å². The lowest BCUT2D eigenvalue weighted by Crippen LogP contribution is -2.50. The Morgan fingerprint density at radius 2 is 1.95 bits per heavy atom. The van der Waals surface area contributed by atoms with Crippen molar-refractivity contribution in [1.82, 2.24) is 10.7 Å². The highest BCUT2D eigenvalue weighted by Gasteiger charge is 2.22. The van der Waals surface area contributed by atoms with E-state index in [1.165, 1.54) is 6.92 Å². The number of benzene rings is 1. The Bertz CT molecular complexity index is 463. The molecule has 1 atom stereocenters. The number of nitrogens with one attached hydrogen (secondary N) is 3. The van der Waals surface area contributed by atoms with E-state index in [1.54, 1.807) is 24.3 Å². The van der Waals surface area contributed by atoms with Crippen LogP contribution in [0.2, 0.25) is 5.02 Å². The Hall–Kier alpha value is -1.75. The minimum Gasteiger partial charge on any atom is -0.344 e. The molecule has 0 saturated carbocycles. The molecule has 0 heterocycles. The van der Waals surface area contributed by atoms with Gasteiger partial charge in [0.1, 0.15) is 6.04 Å². The van der Waals surface area contributed by atoms with E-state index in [4.69, 9.17) is 11.6 Å². The van der Waals surface area contributed by atoms with Gasteiger partial charge in [0, 0.05) is 11.9 Å². The topological polar surface area (TPSA) is 70.2 Å². The largest absolute Gasteiger partial charge is 0.344 e. The minimum absolute atomic E-state index is 0.00920. The van der Waals surface area contributed by atoms with Crippen LogP contribution >= 0.6 is 11.6 Å². The standard InChI is InChI=1S/C13H18ClN3O2/c1-8(2)12(15-9(3)18)13(19)17-16-11-6-4-5-10(14)7-11/h4-8,12,16H,1-3H3,(H,15,18)(H,17,19). The predicted molar refractivity (Wildman–Crippen MR) is 75.7 cm³/mol. The maximum absolute atomic E-state index is 12.0. The van der Waals surface area contributed by atoms with E-state index in [0.29, 0.717) is 10.7 Å². The van der Waals surface area contributed by atoms with Gasteiger partial charge in [-0.1, -0.05) is 31.5 Å². The number of hydrogen-bond donors (Lipinski definition) is 3. The lowest BCUT2D eigenvalue weighted by molar-refractivity contribution is -0.128. The van der Waals surface area contributed by atoms with Crippen molar-refractivity contribution >= 4 is 29.1 Å². The summed E-state index contributed by atoms with van der Waals surface area (Å²) in [6.07, 6.45) is 0. The first-order chi connectivity index (χ1) is 8.90. The molecule has 0 aliphatic carbocycles. The Morgan fingerprint density at radius 1 is 1.26 bits per heavy atom. The first kappa shape index (κ1) is 15.3. The maximum Gasteiger partial charge on any atom is 0.261 e. The zero-order chi connectivity index (χ0) is 14.4. The number of carbonyl (C=O) groups is 2. The summed E-state index contributed by atoms with van der Waals surface area (Å²) in [5.74, 6) is -0.549. The first-order valence-corrected chi connectivity index (χ1v) is 6.36. The van der Waals surface area contributed by atoms with Crippen molar-refractivity contribution < 1.29 is 9.59 Å². The minimum atomic E-state index is -0.579. The van der Waals surface area contributed by atoms with Gasteiger partial charge in [0.05, 0.1) is 5.69 Å². The van der Waals surface area contributed by atoms with Crippen LogP contribution in [-0.2, 0) is 9.59 Å². The summed E-state index contributed by atoms with van der Waals surface area (Å²) in [5, 5.41) is 3.18. The fraction of sp³-hybridized carbons (Fsp3) is 0.385. The van der Waals surface area contributed by atoms with Crippen molar-refractivity contribution in [1.29, 1.82) is 0 Å². The maximum atomic E-state index is 12.0. The monoisotopic (exact) mass is 283 g/mol. The zero-order valence-electron chi connectivity index (χ0n) is 11.2. The van der Waals surface area contributed by atoms with Crippen LogP contribution in [-0.4, -0.2) is 17.9 Å². The van der Waals surface area contributed by atoms with Gasteiger partial charge in [0.15, 0.2) is 0 Å². The molecule has 1 aromatic carbocycles. The van der Waals surface area contributed by atoms with E-state index in [9.17, 15) is 9.59 Å². The van der Waals surface area contributed by atoms with Crippen LogP contribution in [0.4, 0.5) is 5.69 Å². The van der Waals surface area contributed by atoms with Gasteiger partial charge < -0.3 is 5.32 Å². The number of carbonyl (C=O) groups excluding carboxylic acids is 2. The molecule has 0 saturated heterocycles. The molecule has 0 aliphatic rings. The normalized spacial score (nSPS) is 11.8. The number of hydrazine groups is 1. The van der Waals surface area contributed by atoms with Crippen molar-refractivity contribution in [3.05, 3.63) is 29.3 Å². The van der Waals surface area contributed by atoms with E-state index >= 15 is 0 Å². The predicted octanol–water partition coefficient (Wildman–Crippen LogP) is 1.94. The molecule has 1 unspecified atom stereocenters. The molecule has 0 spiro atoms. The molecular weight excluding hydrogens is 266 g/mol. The molecule has 3 N–H and O–H groups in total. The molecule has 19 heavy (non-hydrogen) atoms. The van der Waals surface area contributed by atoms with Crippen molar-refractivity contribution in [3.8, 4) is 0 Å². The van der Waals surface area contributed by atoms with Gasteiger partial charge in [-0.2, -0.15) is 0 Å². The number of hydrogen-bond acceptors (Lipinski definition) is 3. The molecule has 0 bridgehead atoms. The Morgan fingerprint density at radius 3 is 2.47 bits per heavy atom. The van der Waals surface area contributed by atoms with Crippen LogP contribution in [0, 0.1) is 5.92 Å². The number of halogens is 1. The molecule has 1 aromatic rings. The van der Waals surface area contributed by atoms with Gasteiger partial charge in [0.25, 0.3) is 5.91 Å². The van der Waals surface area contributed by atoms with Crippen LogP contribution in [0.25, 0.3) is 0 Å². The second-order valence-corrected chi connectivity index (χ2v) is 4.98. The number of rotatable bonds is 5. The smallest absolute Gasteiger partial charge is 0.261 e. The number of amides is 2. The molecular formula is C13H18ClN3O2. The van der Waals surface area contributed by atoms with Gasteiger partial charge in [-0.05, 0) is 24.1 Å². The highest BCUT2D eigenvalue weighted by Crippen LogP contribution is 2.14. The molecule has 2 amide bonds. The summed E-state index contributed by atoms with van der Waals surface area (Å²) in [6.45, 7) is 5.10. The molecule has 1 rings (SSSR count). The fourth-order valence-electron chi connectivity index (χ4n) is 1.53. The third-order valence-electron chi connectivity index (χ3n) is 2.46. The Kier molecular flexibility index (Phi) is 5.63. The zero-order valence-corrected chi connectivity index (χ0v) is 11.9. The van der Waals surface area contributed by atoms with Crippen LogP contribution < -0.4 is 16.2 Å². The SMILES string of the molecule is CC(=O)NC(C(=O)NNc1cccc(Cl)c1)C(C)C. The summed E-state index contributed by atoms with van der Waals surface area (Å²) in [4.78, 5) is 23.0. The Balaban J connectivity index is 2.59. The average molecular weight is 284 g/mol. The summed E-state index contributed by atoms with van der Waals surface area (Å²) in [5.41, 5.74) is 5.98. The molecule has 0 aromatic heterocycles. The lowest BCUT2D eigenvalue weighted by atomic mass is 10.0. The lowest BCUT2D eigenvalue weighted by Gasteiger charge is -2.21. The first-order valence-electron chi connectivity index (χ1n) is 5.98. The second kappa shape index (κ2) is 6.99. The quantitative estimate of drug-likeness (QED) is 0.723. The molecule has 104 valence electrons. The van der Waals surface area contributed by atoms with Gasteiger partial charge in [0.2, 0.25) is 5.91 Å². The summed E-state index contributed by atoms with van der Waals surface area (Å²) in [6, 6.07) is 6.39. The third-order valence-corrected chi connectivity index (χ3v) is 2.70. The third kappa shape index (κ3) is 5.18. The van der Waals surface area contributed by atoms with Crippen molar-refractivity contribution in [2.45, 2.75) is 26.8 Å². The number of anilines is 1. The molecule has 0 aliphatic heterocycles. The van der Waals surface area contributed by atoms with E-state index in [-0.39, 0.29) is 17.7 Å². The average Bonchev–Trinajstić information content (AvgIpc) is 2.32. The molecule has 5 nitrogen and oxygen atoms in total. The molecule has 0 fully saturated rings. The van der Waals surface area contributed by atoms with Crippen LogP contribution in [0.1, 0.15) is 20.8 Å². The van der Waals surface area contributed by atoms with Gasteiger partial charge >= 0.3 is 0 Å². The van der Waals surface area contributed by atoms with Crippen LogP contribution in [0.3, 0.4) is 0 Å². The fourth-order valence-corrected chi connectivity index (χ4v) is 1.72. The van der Waals surface area contributed by atoms with E-state index < -0.39 is 6.04 Å². The highest BCUT2D eigenvalue weighted by molar-refractivity contribution is 6.30. The highest BCUT2D eigenvalue weighted by atomic mass is 35.5. The second-order valence-electron chi connectivity index (χ2n) is 4.55. The van der Waals surface area contributed by atoms with Crippen molar-refractivity contribution in [2.75, 3.05) is 5.43 Å². The van der Waals surface area contributed by atoms with E-state index in [0.717, 1.165) is 0 Å². The molecule has 0 radical (unpaired) electrons. The Labute approximate surface area is 117 Å². The van der Waals surface area contributed by atoms with Gasteiger partial charge in [-0.15, -0.1) is 0 Å². The van der Waals surface area contributed by atoms with Crippen LogP contribution in [0.15, 0.2) is 24.3 Å². The molecule has 6 heteroatoms. The summed E-state index contributed by atoms with van der Waals surface area (Å²) < 4.78 is 0. The van der Waals surface area contributed by atoms with E-state index in [1.807, 2.05) is 13.8 Å². The van der Waals surface area contributed by atoms with Crippen molar-refractivity contribution in [2.24, 2.45) is 5.92 Å².